The molecule has 35 heavy (non-hydrogen) atoms. The van der Waals surface area contributed by atoms with E-state index in [4.69, 9.17) is 14.2 Å². The van der Waals surface area contributed by atoms with Crippen molar-refractivity contribution in [2.24, 2.45) is 4.99 Å². The van der Waals surface area contributed by atoms with Gasteiger partial charge in [-0.15, -0.1) is 0 Å². The number of carbonyl (C=O) groups is 1. The van der Waals surface area contributed by atoms with E-state index in [1.807, 2.05) is 54.6 Å². The van der Waals surface area contributed by atoms with Crippen molar-refractivity contribution in [3.8, 4) is 11.5 Å². The minimum Gasteiger partial charge on any atom is -0.493 e. The minimum atomic E-state index is -0.429. The van der Waals surface area contributed by atoms with E-state index in [1.54, 1.807) is 31.5 Å². The summed E-state index contributed by atoms with van der Waals surface area (Å²) in [5.41, 5.74) is 3.37. The Kier molecular flexibility index (Phi) is 6.73. The maximum atomic E-state index is 12.9. The zero-order valence-corrected chi connectivity index (χ0v) is 19.5. The number of ether oxygens (including phenoxy) is 3. The molecule has 4 aromatic rings. The van der Waals surface area contributed by atoms with Crippen molar-refractivity contribution in [2.45, 2.75) is 0 Å². The van der Waals surface area contributed by atoms with Crippen molar-refractivity contribution in [1.29, 1.82) is 0 Å². The number of hydrogen-bond donors (Lipinski definition) is 0. The molecular weight excluding hydrogens is 440 g/mol. The summed E-state index contributed by atoms with van der Waals surface area (Å²) in [5.74, 6) is 0.393. The lowest BCUT2D eigenvalue weighted by Gasteiger charge is -2.28. The van der Waals surface area contributed by atoms with Gasteiger partial charge in [-0.05, 0) is 64.9 Å². The number of carbonyl (C=O) groups excluding carboxylic acids is 1. The van der Waals surface area contributed by atoms with Crippen LogP contribution >= 0.6 is 0 Å². The average Bonchev–Trinajstić information content (AvgIpc) is 2.93. The maximum absolute atomic E-state index is 12.9. The summed E-state index contributed by atoms with van der Waals surface area (Å²) in [5, 5.41) is 1.83. The molecular formula is C29H26N2O4. The van der Waals surface area contributed by atoms with Crippen LogP contribution in [-0.4, -0.2) is 45.6 Å². The van der Waals surface area contributed by atoms with Gasteiger partial charge in [-0.25, -0.2) is 4.79 Å². The first-order valence-corrected chi connectivity index (χ1v) is 11.6. The molecule has 176 valence electrons. The Balaban J connectivity index is 1.30. The van der Waals surface area contributed by atoms with E-state index in [0.717, 1.165) is 48.3 Å². The second-order valence-corrected chi connectivity index (χ2v) is 8.20. The first kappa shape index (κ1) is 22.6. The number of hydrogen-bond acceptors (Lipinski definition) is 6. The molecule has 1 aliphatic rings. The van der Waals surface area contributed by atoms with E-state index in [9.17, 15) is 4.79 Å². The van der Waals surface area contributed by atoms with Gasteiger partial charge in [0.1, 0.15) is 0 Å². The zero-order valence-electron chi connectivity index (χ0n) is 19.5. The fourth-order valence-electron chi connectivity index (χ4n) is 4.13. The average molecular weight is 467 g/mol. The molecule has 0 aromatic heterocycles. The summed E-state index contributed by atoms with van der Waals surface area (Å²) < 4.78 is 16.6. The minimum absolute atomic E-state index is 0.359. The second-order valence-electron chi connectivity index (χ2n) is 8.20. The third kappa shape index (κ3) is 5.18. The monoisotopic (exact) mass is 466 g/mol. The molecule has 0 amide bonds. The van der Waals surface area contributed by atoms with Gasteiger partial charge < -0.3 is 19.1 Å². The molecule has 0 bridgehead atoms. The van der Waals surface area contributed by atoms with Crippen LogP contribution in [-0.2, 0) is 4.74 Å². The molecule has 1 aliphatic heterocycles. The number of aliphatic imine (C=N–C) groups is 1. The molecule has 0 saturated carbocycles. The zero-order chi connectivity index (χ0) is 24.0. The number of rotatable bonds is 6. The fourth-order valence-corrected chi connectivity index (χ4v) is 4.13. The van der Waals surface area contributed by atoms with Crippen molar-refractivity contribution in [3.05, 3.63) is 96.1 Å². The molecule has 0 spiro atoms. The van der Waals surface area contributed by atoms with Crippen LogP contribution in [0.25, 0.3) is 10.8 Å². The highest BCUT2D eigenvalue weighted by atomic mass is 16.6. The SMILES string of the molecule is COc1cc(C=Nc2ccc(N3CCOCC3)cc2)ccc1OC(=O)c1cccc2ccccc12. The van der Waals surface area contributed by atoms with E-state index < -0.39 is 5.97 Å². The Morgan fingerprint density at radius 2 is 1.69 bits per heavy atom. The van der Waals surface area contributed by atoms with E-state index in [0.29, 0.717) is 17.1 Å². The third-order valence-electron chi connectivity index (χ3n) is 5.99. The highest BCUT2D eigenvalue weighted by Crippen LogP contribution is 2.30. The number of methoxy groups -OCH3 is 1. The van der Waals surface area contributed by atoms with Gasteiger partial charge >= 0.3 is 5.97 Å². The lowest BCUT2D eigenvalue weighted by Crippen LogP contribution is -2.36. The van der Waals surface area contributed by atoms with Gasteiger partial charge in [0.25, 0.3) is 0 Å². The molecule has 0 aliphatic carbocycles. The van der Waals surface area contributed by atoms with Crippen molar-refractivity contribution in [2.75, 3.05) is 38.3 Å². The van der Waals surface area contributed by atoms with E-state index in [2.05, 4.69) is 22.0 Å². The van der Waals surface area contributed by atoms with E-state index >= 15 is 0 Å². The Hall–Kier alpha value is -4.16. The summed E-state index contributed by atoms with van der Waals surface area (Å²) in [4.78, 5) is 19.8. The Morgan fingerprint density at radius 1 is 0.914 bits per heavy atom. The molecule has 0 unspecified atom stereocenters. The van der Waals surface area contributed by atoms with Crippen LogP contribution in [0.2, 0.25) is 0 Å². The van der Waals surface area contributed by atoms with Crippen LogP contribution in [0.1, 0.15) is 15.9 Å². The summed E-state index contributed by atoms with van der Waals surface area (Å²) >= 11 is 0. The van der Waals surface area contributed by atoms with Crippen molar-refractivity contribution in [1.82, 2.24) is 0 Å². The highest BCUT2D eigenvalue weighted by Gasteiger charge is 2.15. The van der Waals surface area contributed by atoms with Gasteiger partial charge in [-0.2, -0.15) is 0 Å². The van der Waals surface area contributed by atoms with Gasteiger partial charge in [0, 0.05) is 25.0 Å². The van der Waals surface area contributed by atoms with Crippen LogP contribution in [0.15, 0.2) is 89.9 Å². The maximum Gasteiger partial charge on any atom is 0.344 e. The Bertz CT molecular complexity index is 1350. The van der Waals surface area contributed by atoms with Crippen LogP contribution in [0.3, 0.4) is 0 Å². The van der Waals surface area contributed by atoms with Crippen molar-refractivity contribution < 1.29 is 19.0 Å². The predicted octanol–water partition coefficient (Wildman–Crippen LogP) is 5.65. The standard InChI is InChI=1S/C29H26N2O4/c1-33-28-19-21(20-30-23-10-12-24(13-11-23)31-15-17-34-18-16-31)9-14-27(28)35-29(32)26-8-4-6-22-5-2-3-7-25(22)26/h2-14,19-20H,15-18H2,1H3. The molecule has 0 atom stereocenters. The third-order valence-corrected chi connectivity index (χ3v) is 5.99. The molecule has 1 fully saturated rings. The predicted molar refractivity (Wildman–Crippen MR) is 139 cm³/mol. The van der Waals surface area contributed by atoms with Crippen LogP contribution < -0.4 is 14.4 Å². The first-order valence-electron chi connectivity index (χ1n) is 11.6. The van der Waals surface area contributed by atoms with Gasteiger partial charge in [0.2, 0.25) is 0 Å². The van der Waals surface area contributed by atoms with Gasteiger partial charge in [-0.3, -0.25) is 4.99 Å². The molecule has 1 saturated heterocycles. The summed E-state index contributed by atoms with van der Waals surface area (Å²) in [6.07, 6.45) is 1.77. The summed E-state index contributed by atoms with van der Waals surface area (Å²) in [7, 11) is 1.55. The smallest absolute Gasteiger partial charge is 0.344 e. The van der Waals surface area contributed by atoms with Gasteiger partial charge in [0.15, 0.2) is 11.5 Å². The van der Waals surface area contributed by atoms with E-state index in [-0.39, 0.29) is 0 Å². The van der Waals surface area contributed by atoms with Gasteiger partial charge in [0.05, 0.1) is 31.6 Å². The van der Waals surface area contributed by atoms with Crippen molar-refractivity contribution in [3.63, 3.8) is 0 Å². The molecule has 5 rings (SSSR count). The molecule has 6 heteroatoms. The Labute approximate surface area is 204 Å². The number of benzene rings is 4. The topological polar surface area (TPSA) is 60.4 Å². The number of fused-ring (bicyclic) bond motifs is 1. The van der Waals surface area contributed by atoms with Crippen LogP contribution in [0, 0.1) is 0 Å². The second kappa shape index (κ2) is 10.4. The normalized spacial score (nSPS) is 13.8. The number of anilines is 1. The number of nitrogens with zero attached hydrogens (tertiary/aromatic N) is 2. The highest BCUT2D eigenvalue weighted by molar-refractivity contribution is 6.05. The van der Waals surface area contributed by atoms with E-state index in [1.165, 1.54) is 5.69 Å². The molecule has 4 aromatic carbocycles. The lowest BCUT2D eigenvalue weighted by molar-refractivity contribution is 0.0732. The van der Waals surface area contributed by atoms with Crippen LogP contribution in [0.4, 0.5) is 11.4 Å². The lowest BCUT2D eigenvalue weighted by atomic mass is 10.0. The van der Waals surface area contributed by atoms with Crippen molar-refractivity contribution >= 4 is 34.3 Å². The molecule has 0 radical (unpaired) electrons. The van der Waals surface area contributed by atoms with Crippen LogP contribution in [0.5, 0.6) is 11.5 Å². The quantitative estimate of drug-likeness (QED) is 0.209. The largest absolute Gasteiger partial charge is 0.493 e. The number of esters is 1. The van der Waals surface area contributed by atoms with Gasteiger partial charge in [-0.1, -0.05) is 36.4 Å². The molecule has 1 heterocycles. The first-order chi connectivity index (χ1) is 17.2. The fraction of sp³-hybridized carbons (Fsp3) is 0.172. The molecule has 0 N–H and O–H groups in total. The number of morpholine rings is 1. The summed E-state index contributed by atoms with van der Waals surface area (Å²) in [6, 6.07) is 26.8. The summed E-state index contributed by atoms with van der Waals surface area (Å²) in [6.45, 7) is 3.32. The Morgan fingerprint density at radius 3 is 2.49 bits per heavy atom. The molecule has 6 nitrogen and oxygen atoms in total.